The highest BCUT2D eigenvalue weighted by atomic mass is 127. The molecular formula is C22H16BrIN2O3. The first-order valence-electron chi connectivity index (χ1n) is 8.77. The van der Waals surface area contributed by atoms with Gasteiger partial charge in [-0.2, -0.15) is 0 Å². The number of anilines is 1. The number of carbonyl (C=O) groups is 1. The van der Waals surface area contributed by atoms with Crippen molar-refractivity contribution in [2.75, 3.05) is 12.4 Å². The molecule has 0 atom stereocenters. The lowest BCUT2D eigenvalue weighted by Crippen LogP contribution is -2.13. The van der Waals surface area contributed by atoms with Gasteiger partial charge in [0.1, 0.15) is 11.3 Å². The fourth-order valence-electron chi connectivity index (χ4n) is 3.08. The molecule has 1 aromatic heterocycles. The monoisotopic (exact) mass is 562 g/mol. The summed E-state index contributed by atoms with van der Waals surface area (Å²) >= 11 is 5.80. The number of carbonyl (C=O) groups excluding carboxylic acids is 1. The van der Waals surface area contributed by atoms with Gasteiger partial charge in [0, 0.05) is 13.7 Å². The number of nitrogens with one attached hydrogen (secondary N) is 1. The normalized spacial score (nSPS) is 10.9. The lowest BCUT2D eigenvalue weighted by Gasteiger charge is -2.11. The lowest BCUT2D eigenvalue weighted by molar-refractivity contribution is 0.102. The molecule has 5 nitrogen and oxygen atoms in total. The van der Waals surface area contributed by atoms with Crippen LogP contribution in [0.3, 0.4) is 0 Å². The van der Waals surface area contributed by atoms with E-state index < -0.39 is 0 Å². The summed E-state index contributed by atoms with van der Waals surface area (Å²) in [6, 6.07) is 16.8. The zero-order valence-corrected chi connectivity index (χ0v) is 19.4. The highest BCUT2D eigenvalue weighted by Gasteiger charge is 2.16. The Bertz CT molecular complexity index is 1240. The number of hydrogen-bond acceptors (Lipinski definition) is 4. The van der Waals surface area contributed by atoms with Crippen molar-refractivity contribution in [3.63, 3.8) is 0 Å². The van der Waals surface area contributed by atoms with Crippen LogP contribution in [0.1, 0.15) is 15.9 Å². The lowest BCUT2D eigenvalue weighted by atomic mass is 10.1. The zero-order chi connectivity index (χ0) is 20.5. The maximum Gasteiger partial charge on any atom is 0.259 e. The predicted molar refractivity (Wildman–Crippen MR) is 126 cm³/mol. The summed E-state index contributed by atoms with van der Waals surface area (Å²) in [7, 11) is 1.56. The molecular weight excluding hydrogens is 547 g/mol. The third kappa shape index (κ3) is 4.02. The van der Waals surface area contributed by atoms with Crippen molar-refractivity contribution < 1.29 is 13.9 Å². The van der Waals surface area contributed by atoms with E-state index in [1.54, 1.807) is 31.4 Å². The smallest absolute Gasteiger partial charge is 0.259 e. The van der Waals surface area contributed by atoms with Crippen LogP contribution in [-0.2, 0) is 0 Å². The van der Waals surface area contributed by atoms with E-state index in [-0.39, 0.29) is 5.91 Å². The van der Waals surface area contributed by atoms with Crippen LogP contribution in [0.4, 0.5) is 5.69 Å². The molecule has 1 heterocycles. The average Bonchev–Trinajstić information content (AvgIpc) is 3.12. The Morgan fingerprint density at radius 2 is 2.00 bits per heavy atom. The van der Waals surface area contributed by atoms with Crippen molar-refractivity contribution in [2.24, 2.45) is 0 Å². The highest BCUT2D eigenvalue weighted by Crippen LogP contribution is 2.32. The van der Waals surface area contributed by atoms with Gasteiger partial charge in [-0.25, -0.2) is 4.98 Å². The Balaban J connectivity index is 1.66. The summed E-state index contributed by atoms with van der Waals surface area (Å²) in [6.07, 6.45) is 0. The van der Waals surface area contributed by atoms with Crippen molar-refractivity contribution in [1.82, 2.24) is 4.98 Å². The molecule has 29 heavy (non-hydrogen) atoms. The number of aryl methyl sites for hydroxylation is 1. The number of hydrogen-bond donors (Lipinski definition) is 1. The Kier molecular flexibility index (Phi) is 5.60. The molecule has 0 radical (unpaired) electrons. The van der Waals surface area contributed by atoms with Crippen LogP contribution in [0.5, 0.6) is 5.75 Å². The largest absolute Gasteiger partial charge is 0.496 e. The molecule has 0 unspecified atom stereocenters. The Morgan fingerprint density at radius 1 is 1.17 bits per heavy atom. The summed E-state index contributed by atoms with van der Waals surface area (Å²) in [6.45, 7) is 1.90. The van der Waals surface area contributed by atoms with Gasteiger partial charge in [-0.1, -0.05) is 12.1 Å². The molecule has 4 rings (SSSR count). The summed E-state index contributed by atoms with van der Waals surface area (Å²) < 4.78 is 13.3. The number of methoxy groups -OCH3 is 1. The number of benzene rings is 3. The molecule has 0 aliphatic heterocycles. The van der Waals surface area contributed by atoms with Crippen molar-refractivity contribution >= 4 is 61.2 Å². The van der Waals surface area contributed by atoms with Crippen molar-refractivity contribution in [3.8, 4) is 17.2 Å². The van der Waals surface area contributed by atoms with Gasteiger partial charge in [0.2, 0.25) is 5.89 Å². The van der Waals surface area contributed by atoms with Crippen LogP contribution in [0.15, 0.2) is 63.5 Å². The second kappa shape index (κ2) is 8.16. The fraction of sp³-hybridized carbons (Fsp3) is 0.0909. The van der Waals surface area contributed by atoms with Gasteiger partial charge in [-0.05, 0) is 93.5 Å². The minimum absolute atomic E-state index is 0.242. The van der Waals surface area contributed by atoms with E-state index in [1.807, 2.05) is 37.3 Å². The Labute approximate surface area is 189 Å². The zero-order valence-electron chi connectivity index (χ0n) is 15.6. The first-order chi connectivity index (χ1) is 14.0. The minimum Gasteiger partial charge on any atom is -0.496 e. The molecule has 1 amide bonds. The van der Waals surface area contributed by atoms with Crippen LogP contribution >= 0.6 is 38.5 Å². The third-order valence-electron chi connectivity index (χ3n) is 4.46. The molecule has 0 saturated heterocycles. The molecule has 0 bridgehead atoms. The number of fused-ring (bicyclic) bond motifs is 1. The van der Waals surface area contributed by atoms with Crippen molar-refractivity contribution in [2.45, 2.75) is 6.92 Å². The van der Waals surface area contributed by atoms with E-state index >= 15 is 0 Å². The van der Waals surface area contributed by atoms with Gasteiger partial charge >= 0.3 is 0 Å². The summed E-state index contributed by atoms with van der Waals surface area (Å²) in [4.78, 5) is 17.3. The van der Waals surface area contributed by atoms with E-state index in [4.69, 9.17) is 9.15 Å². The second-order valence-electron chi connectivity index (χ2n) is 6.44. The predicted octanol–water partition coefficient (Wildman–Crippen LogP) is 6.43. The Morgan fingerprint density at radius 3 is 2.79 bits per heavy atom. The maximum absolute atomic E-state index is 12.7. The molecule has 0 spiro atoms. The first kappa shape index (κ1) is 19.9. The van der Waals surface area contributed by atoms with Gasteiger partial charge < -0.3 is 14.5 Å². The molecule has 0 aliphatic rings. The standard InChI is InChI=1S/C22H16BrIN2O3/c1-12-4-3-5-15(20(12)28-2)21(27)25-14-7-9-19-18(11-14)26-22(29-19)16-10-13(24)6-8-17(16)23/h3-11H,1-2H3,(H,25,27). The number of oxazole rings is 1. The first-order valence-corrected chi connectivity index (χ1v) is 10.6. The molecule has 0 fully saturated rings. The molecule has 0 saturated carbocycles. The second-order valence-corrected chi connectivity index (χ2v) is 8.54. The number of rotatable bonds is 4. The molecule has 1 N–H and O–H groups in total. The number of amides is 1. The summed E-state index contributed by atoms with van der Waals surface area (Å²) in [5.74, 6) is 0.849. The SMILES string of the molecule is COc1c(C)cccc1C(=O)Nc1ccc2oc(-c3cc(I)ccc3Br)nc2c1. The van der Waals surface area contributed by atoms with Crippen LogP contribution < -0.4 is 10.1 Å². The summed E-state index contributed by atoms with van der Waals surface area (Å²) in [5, 5.41) is 2.91. The topological polar surface area (TPSA) is 64.4 Å². The van der Waals surface area contributed by atoms with Gasteiger partial charge in [0.25, 0.3) is 5.91 Å². The Hall–Kier alpha value is -2.39. The van der Waals surface area contributed by atoms with Gasteiger partial charge in [-0.15, -0.1) is 0 Å². The molecule has 0 aliphatic carbocycles. The van der Waals surface area contributed by atoms with Gasteiger partial charge in [0.05, 0.1) is 18.2 Å². The van der Waals surface area contributed by atoms with E-state index in [2.05, 4.69) is 48.8 Å². The maximum atomic E-state index is 12.7. The van der Waals surface area contributed by atoms with Crippen LogP contribution in [0.25, 0.3) is 22.6 Å². The molecule has 146 valence electrons. The van der Waals surface area contributed by atoms with Crippen LogP contribution in [-0.4, -0.2) is 18.0 Å². The highest BCUT2D eigenvalue weighted by molar-refractivity contribution is 14.1. The average molecular weight is 563 g/mol. The number of para-hydroxylation sites is 1. The number of ether oxygens (including phenoxy) is 1. The van der Waals surface area contributed by atoms with E-state index in [1.165, 1.54) is 0 Å². The summed E-state index contributed by atoms with van der Waals surface area (Å²) in [5.41, 5.74) is 4.21. The fourth-order valence-corrected chi connectivity index (χ4v) is 3.99. The third-order valence-corrected chi connectivity index (χ3v) is 5.83. The quantitative estimate of drug-likeness (QED) is 0.291. The van der Waals surface area contributed by atoms with Crippen LogP contribution in [0.2, 0.25) is 0 Å². The van der Waals surface area contributed by atoms with Gasteiger partial charge in [-0.3, -0.25) is 4.79 Å². The molecule has 3 aromatic carbocycles. The number of halogens is 2. The minimum atomic E-state index is -0.242. The van der Waals surface area contributed by atoms with Crippen LogP contribution in [0, 0.1) is 10.5 Å². The number of aromatic nitrogens is 1. The van der Waals surface area contributed by atoms with E-state index in [0.29, 0.717) is 34.0 Å². The number of nitrogens with zero attached hydrogens (tertiary/aromatic N) is 1. The van der Waals surface area contributed by atoms with E-state index in [9.17, 15) is 4.79 Å². The molecule has 4 aromatic rings. The van der Waals surface area contributed by atoms with Gasteiger partial charge in [0.15, 0.2) is 5.58 Å². The van der Waals surface area contributed by atoms with E-state index in [0.717, 1.165) is 19.2 Å². The van der Waals surface area contributed by atoms with Crippen molar-refractivity contribution in [3.05, 3.63) is 73.8 Å². The van der Waals surface area contributed by atoms with Crippen molar-refractivity contribution in [1.29, 1.82) is 0 Å². The molecule has 7 heteroatoms.